The van der Waals surface area contributed by atoms with Crippen molar-refractivity contribution in [2.24, 2.45) is 0 Å². The molecule has 0 bridgehead atoms. The van der Waals surface area contributed by atoms with E-state index in [9.17, 15) is 26.4 Å². The molecule has 0 saturated carbocycles. The summed E-state index contributed by atoms with van der Waals surface area (Å²) in [5.41, 5.74) is -0.677. The number of benzene rings is 1. The predicted molar refractivity (Wildman–Crippen MR) is 99.2 cm³/mol. The van der Waals surface area contributed by atoms with Gasteiger partial charge in [0.1, 0.15) is 5.75 Å². The molecule has 1 saturated heterocycles. The van der Waals surface area contributed by atoms with Crippen molar-refractivity contribution in [3.05, 3.63) is 35.7 Å². The quantitative estimate of drug-likeness (QED) is 0.747. The van der Waals surface area contributed by atoms with Gasteiger partial charge in [-0.05, 0) is 25.1 Å². The molecule has 1 aromatic heterocycles. The van der Waals surface area contributed by atoms with Crippen molar-refractivity contribution in [1.82, 2.24) is 14.3 Å². The number of ether oxygens (including phenoxy) is 1. The molecular formula is C17H17F3N4O5S. The number of anilines is 1. The van der Waals surface area contributed by atoms with Crippen molar-refractivity contribution < 1.29 is 36.2 Å². The number of rotatable bonds is 5. The summed E-state index contributed by atoms with van der Waals surface area (Å²) in [6.07, 6.45) is -3.45. The zero-order chi connectivity index (χ0) is 22.3. The van der Waals surface area contributed by atoms with E-state index in [0.717, 1.165) is 26.8 Å². The molecule has 1 aliphatic rings. The molecule has 1 aromatic carbocycles. The first kappa shape index (κ1) is 21.8. The third-order valence-corrected chi connectivity index (χ3v) is 6.30. The van der Waals surface area contributed by atoms with Gasteiger partial charge in [0.25, 0.3) is 0 Å². The Kier molecular flexibility index (Phi) is 5.60. The molecule has 1 fully saturated rings. The number of carbonyl (C=O) groups is 1. The van der Waals surface area contributed by atoms with Crippen molar-refractivity contribution >= 4 is 22.1 Å². The van der Waals surface area contributed by atoms with Crippen LogP contribution in [0, 0.1) is 6.92 Å². The highest BCUT2D eigenvalue weighted by atomic mass is 32.2. The van der Waals surface area contributed by atoms with Crippen LogP contribution in [0.3, 0.4) is 0 Å². The number of halogens is 3. The summed E-state index contributed by atoms with van der Waals surface area (Å²) in [4.78, 5) is 19.0. The van der Waals surface area contributed by atoms with Gasteiger partial charge in [0, 0.05) is 30.9 Å². The zero-order valence-electron chi connectivity index (χ0n) is 15.8. The smallest absolute Gasteiger partial charge is 0.416 e. The van der Waals surface area contributed by atoms with Crippen LogP contribution in [0.5, 0.6) is 5.75 Å². The average molecular weight is 446 g/mol. The molecular weight excluding hydrogens is 429 g/mol. The van der Waals surface area contributed by atoms with Gasteiger partial charge in [0.05, 0.1) is 17.8 Å². The third-order valence-electron chi connectivity index (χ3n) is 4.43. The van der Waals surface area contributed by atoms with Gasteiger partial charge >= 0.3 is 22.4 Å². The van der Waals surface area contributed by atoms with E-state index < -0.39 is 34.5 Å². The molecule has 2 aromatic rings. The number of carboxylic acids is 1. The van der Waals surface area contributed by atoms with Crippen molar-refractivity contribution in [3.8, 4) is 16.9 Å². The maximum absolute atomic E-state index is 13.2. The predicted octanol–water partition coefficient (Wildman–Crippen LogP) is 1.93. The monoisotopic (exact) mass is 446 g/mol. The number of aryl methyl sites for hydroxylation is 1. The molecule has 3 rings (SSSR count). The Morgan fingerprint density at radius 2 is 1.97 bits per heavy atom. The number of carboxylic acid groups (broad SMARTS) is 1. The second-order valence-electron chi connectivity index (χ2n) is 6.46. The van der Waals surface area contributed by atoms with Gasteiger partial charge in [-0.25, -0.2) is 19.1 Å². The molecule has 9 nitrogen and oxygen atoms in total. The first-order chi connectivity index (χ1) is 13.9. The van der Waals surface area contributed by atoms with Crippen LogP contribution in [0.1, 0.15) is 11.3 Å². The minimum absolute atomic E-state index is 0.0588. The van der Waals surface area contributed by atoms with Crippen LogP contribution >= 0.6 is 0 Å². The Balaban J connectivity index is 2.06. The Morgan fingerprint density at radius 3 is 2.50 bits per heavy atom. The average Bonchev–Trinajstić information content (AvgIpc) is 2.92. The van der Waals surface area contributed by atoms with Crippen LogP contribution in [-0.2, 0) is 21.2 Å². The number of aromatic nitrogens is 2. The molecule has 0 aliphatic carbocycles. The number of hydrogen-bond donors (Lipinski definition) is 1. The molecule has 2 heterocycles. The lowest BCUT2D eigenvalue weighted by Gasteiger charge is -2.18. The number of aliphatic carboxylic acids is 1. The summed E-state index contributed by atoms with van der Waals surface area (Å²) >= 11 is 0. The lowest BCUT2D eigenvalue weighted by Crippen LogP contribution is -2.32. The van der Waals surface area contributed by atoms with Crippen molar-refractivity contribution in [1.29, 1.82) is 0 Å². The van der Waals surface area contributed by atoms with E-state index in [1.165, 1.54) is 20.2 Å². The van der Waals surface area contributed by atoms with E-state index in [4.69, 9.17) is 9.84 Å². The molecule has 0 radical (unpaired) electrons. The van der Waals surface area contributed by atoms with E-state index in [-0.39, 0.29) is 41.6 Å². The fourth-order valence-corrected chi connectivity index (χ4v) is 4.11. The van der Waals surface area contributed by atoms with Gasteiger partial charge < -0.3 is 9.84 Å². The fraction of sp³-hybridized carbons (Fsp3) is 0.353. The van der Waals surface area contributed by atoms with Gasteiger partial charge in [0.15, 0.2) is 6.61 Å². The van der Waals surface area contributed by atoms with Gasteiger partial charge in [-0.3, -0.25) is 0 Å². The lowest BCUT2D eigenvalue weighted by molar-refractivity contribution is -0.140. The Labute approximate surface area is 169 Å². The topological polar surface area (TPSA) is 113 Å². The van der Waals surface area contributed by atoms with E-state index in [0.29, 0.717) is 0 Å². The minimum Gasteiger partial charge on any atom is -0.481 e. The van der Waals surface area contributed by atoms with E-state index >= 15 is 0 Å². The Morgan fingerprint density at radius 1 is 1.27 bits per heavy atom. The largest absolute Gasteiger partial charge is 0.481 e. The third kappa shape index (κ3) is 4.16. The molecule has 0 spiro atoms. The summed E-state index contributed by atoms with van der Waals surface area (Å²) in [5, 5.41) is 8.81. The normalized spacial score (nSPS) is 16.6. The number of likely N-dealkylation sites (N-methyl/N-ethyl adjacent to an activating group) is 1. The van der Waals surface area contributed by atoms with Crippen LogP contribution < -0.4 is 9.04 Å². The molecule has 13 heteroatoms. The van der Waals surface area contributed by atoms with E-state index in [2.05, 4.69) is 9.97 Å². The Bertz CT molecular complexity index is 1090. The summed E-state index contributed by atoms with van der Waals surface area (Å²) < 4.78 is 71.4. The highest BCUT2D eigenvalue weighted by Crippen LogP contribution is 2.38. The number of alkyl halides is 3. The summed E-state index contributed by atoms with van der Waals surface area (Å²) in [6, 6.07) is 2.61. The SMILES string of the molecule is Cc1nc(N2CCN(C)S2(=O)=O)ncc1-c1cc(C(F)(F)F)ccc1OCC(=O)O. The second kappa shape index (κ2) is 7.72. The maximum Gasteiger partial charge on any atom is 0.416 e. The van der Waals surface area contributed by atoms with Gasteiger partial charge in [-0.1, -0.05) is 0 Å². The minimum atomic E-state index is -4.64. The Hall–Kier alpha value is -2.93. The highest BCUT2D eigenvalue weighted by molar-refractivity contribution is 7.90. The van der Waals surface area contributed by atoms with Gasteiger partial charge in [0.2, 0.25) is 5.95 Å². The fourth-order valence-electron chi connectivity index (χ4n) is 2.86. The van der Waals surface area contributed by atoms with E-state index in [1.807, 2.05) is 0 Å². The molecule has 0 amide bonds. The van der Waals surface area contributed by atoms with Crippen molar-refractivity contribution in [2.75, 3.05) is 31.0 Å². The second-order valence-corrected chi connectivity index (χ2v) is 8.42. The van der Waals surface area contributed by atoms with Crippen LogP contribution in [0.2, 0.25) is 0 Å². The van der Waals surface area contributed by atoms with Gasteiger partial charge in [-0.2, -0.15) is 25.9 Å². The molecule has 1 aliphatic heterocycles. The van der Waals surface area contributed by atoms with Crippen molar-refractivity contribution in [3.63, 3.8) is 0 Å². The highest BCUT2D eigenvalue weighted by Gasteiger charge is 2.36. The summed E-state index contributed by atoms with van der Waals surface area (Å²) in [6.45, 7) is 1.10. The maximum atomic E-state index is 13.2. The number of nitrogens with zero attached hydrogens (tertiary/aromatic N) is 4. The van der Waals surface area contributed by atoms with E-state index in [1.54, 1.807) is 0 Å². The molecule has 0 atom stereocenters. The van der Waals surface area contributed by atoms with Crippen LogP contribution in [0.25, 0.3) is 11.1 Å². The molecule has 0 unspecified atom stereocenters. The molecule has 1 N–H and O–H groups in total. The molecule has 30 heavy (non-hydrogen) atoms. The van der Waals surface area contributed by atoms with Gasteiger partial charge in [-0.15, -0.1) is 0 Å². The first-order valence-electron chi connectivity index (χ1n) is 8.55. The van der Waals surface area contributed by atoms with Crippen molar-refractivity contribution in [2.45, 2.75) is 13.1 Å². The van der Waals surface area contributed by atoms with Crippen LogP contribution in [0.15, 0.2) is 24.4 Å². The first-order valence-corrected chi connectivity index (χ1v) is 9.95. The molecule has 162 valence electrons. The zero-order valence-corrected chi connectivity index (χ0v) is 16.7. The number of hydrogen-bond acceptors (Lipinski definition) is 6. The standard InChI is InChI=1S/C17H17F3N4O5S/c1-10-13(8-21-16(22-10)24-6-5-23(2)30(24,27)28)12-7-11(17(18,19)20)3-4-14(12)29-9-15(25)26/h3-4,7-8H,5-6,9H2,1-2H3,(H,25,26). The van der Waals surface area contributed by atoms with Crippen LogP contribution in [0.4, 0.5) is 19.1 Å². The summed E-state index contributed by atoms with van der Waals surface area (Å²) in [5.74, 6) is -1.51. The van der Waals surface area contributed by atoms with Crippen LogP contribution in [-0.4, -0.2) is 60.5 Å². The summed E-state index contributed by atoms with van der Waals surface area (Å²) in [7, 11) is -2.35. The lowest BCUT2D eigenvalue weighted by atomic mass is 10.0.